The number of anilines is 2. The van der Waals surface area contributed by atoms with Gasteiger partial charge < -0.3 is 9.47 Å². The standard InChI is InChI=1S/C67H58N2/c1-6-8-21-53-46-66-63(44-49(53)5)67-60(32-19-33-65(67)69(66)55-25-10-9-11-26-55)54-24-18-27-57(45-54)68(64-43-40-52-23-13-15-29-59(52)61-30-16-17-31-62(61)64)56-41-37-50(38-42-56)36-34-47(3)35-39-51-22-12-14-28-58(51)48(4)20-7-2/h6-7,9-20,22-35,37-39,41-46H,1-2,8,21,36,40H2,3-5H3/b39-35-,47-34+,48-20+. The highest BCUT2D eigenvalue weighted by Gasteiger charge is 2.24. The summed E-state index contributed by atoms with van der Waals surface area (Å²) in [5, 5.41) is 2.53. The summed E-state index contributed by atoms with van der Waals surface area (Å²) in [4.78, 5) is 2.48. The fourth-order valence-corrected chi connectivity index (χ4v) is 10.2. The van der Waals surface area contributed by atoms with Crippen LogP contribution in [-0.4, -0.2) is 4.57 Å². The Morgan fingerprint density at radius 2 is 1.38 bits per heavy atom. The molecule has 0 aliphatic heterocycles. The molecule has 0 saturated carbocycles. The molecule has 0 N–H and O–H groups in total. The number of rotatable bonds is 14. The Morgan fingerprint density at radius 1 is 0.652 bits per heavy atom. The average molecular weight is 891 g/mol. The Hall–Kier alpha value is -8.20. The van der Waals surface area contributed by atoms with E-state index in [0.29, 0.717) is 0 Å². The Bertz CT molecular complexity index is 3500. The van der Waals surface area contributed by atoms with Crippen molar-refractivity contribution in [2.24, 2.45) is 0 Å². The summed E-state index contributed by atoms with van der Waals surface area (Å²) in [6.45, 7) is 14.5. The predicted molar refractivity (Wildman–Crippen MR) is 298 cm³/mol. The zero-order valence-corrected chi connectivity index (χ0v) is 40.0. The van der Waals surface area contributed by atoms with E-state index in [2.05, 4.69) is 256 Å². The Balaban J connectivity index is 1.07. The van der Waals surface area contributed by atoms with Gasteiger partial charge in [-0.3, -0.25) is 0 Å². The minimum Gasteiger partial charge on any atom is -0.310 e. The molecule has 2 nitrogen and oxygen atoms in total. The molecule has 2 heteroatoms. The SMILES string of the molecule is C=C/C=C(\C)c1ccccc1/C=C\C(C)=C\Cc1ccc(N(C2=CCc3ccccc3-c3ccccc32)c2cccc(-c3cccc4c3c3cc(C)c(CCC=C)cc3n4-c3ccccc3)c2)cc1. The molecule has 0 bridgehead atoms. The molecule has 8 aromatic carbocycles. The monoisotopic (exact) mass is 890 g/mol. The normalized spacial score (nSPS) is 12.7. The van der Waals surface area contributed by atoms with E-state index in [0.717, 1.165) is 42.7 Å². The number of fused-ring (bicyclic) bond motifs is 6. The van der Waals surface area contributed by atoms with E-state index in [9.17, 15) is 0 Å². The largest absolute Gasteiger partial charge is 0.310 e. The summed E-state index contributed by atoms with van der Waals surface area (Å²) in [6.07, 6.45) is 18.7. The van der Waals surface area contributed by atoms with Crippen LogP contribution in [0, 0.1) is 6.92 Å². The van der Waals surface area contributed by atoms with Gasteiger partial charge in [0.1, 0.15) is 0 Å². The first-order chi connectivity index (χ1) is 33.9. The van der Waals surface area contributed by atoms with Gasteiger partial charge in [-0.25, -0.2) is 0 Å². The number of nitrogens with zero attached hydrogens (tertiary/aromatic N) is 2. The molecule has 1 heterocycles. The summed E-state index contributed by atoms with van der Waals surface area (Å²) < 4.78 is 2.45. The molecule has 0 amide bonds. The van der Waals surface area contributed by atoms with Gasteiger partial charge in [0.25, 0.3) is 0 Å². The molecular formula is C67H58N2. The predicted octanol–water partition coefficient (Wildman–Crippen LogP) is 18.1. The van der Waals surface area contributed by atoms with Gasteiger partial charge in [-0.1, -0.05) is 182 Å². The van der Waals surface area contributed by atoms with Crippen molar-refractivity contribution in [1.29, 1.82) is 0 Å². The van der Waals surface area contributed by atoms with Crippen molar-refractivity contribution in [2.75, 3.05) is 4.90 Å². The van der Waals surface area contributed by atoms with Crippen LogP contribution >= 0.6 is 0 Å². The molecule has 9 aromatic rings. The van der Waals surface area contributed by atoms with E-state index in [4.69, 9.17) is 0 Å². The molecule has 336 valence electrons. The van der Waals surface area contributed by atoms with Gasteiger partial charge in [0.2, 0.25) is 0 Å². The van der Waals surface area contributed by atoms with Gasteiger partial charge in [-0.15, -0.1) is 6.58 Å². The third-order valence-electron chi connectivity index (χ3n) is 13.7. The van der Waals surface area contributed by atoms with Crippen molar-refractivity contribution in [3.8, 4) is 27.9 Å². The number of aromatic nitrogens is 1. The summed E-state index contributed by atoms with van der Waals surface area (Å²) in [7, 11) is 0. The number of hydrogen-bond donors (Lipinski definition) is 0. The maximum absolute atomic E-state index is 4.03. The zero-order valence-electron chi connectivity index (χ0n) is 40.0. The van der Waals surface area contributed by atoms with E-state index < -0.39 is 0 Å². The third kappa shape index (κ3) is 9.02. The smallest absolute Gasteiger partial charge is 0.0547 e. The van der Waals surface area contributed by atoms with Crippen LogP contribution in [0.1, 0.15) is 59.2 Å². The van der Waals surface area contributed by atoms with Crippen molar-refractivity contribution >= 4 is 50.5 Å². The minimum atomic E-state index is 0.826. The Morgan fingerprint density at radius 3 is 2.19 bits per heavy atom. The summed E-state index contributed by atoms with van der Waals surface area (Å²) in [5.74, 6) is 0. The molecule has 10 rings (SSSR count). The van der Waals surface area contributed by atoms with Crippen LogP contribution < -0.4 is 4.90 Å². The van der Waals surface area contributed by atoms with Crippen molar-refractivity contribution < 1.29 is 0 Å². The van der Waals surface area contributed by atoms with Crippen LogP contribution in [0.5, 0.6) is 0 Å². The van der Waals surface area contributed by atoms with Gasteiger partial charge in [0.05, 0.1) is 16.7 Å². The van der Waals surface area contributed by atoms with Gasteiger partial charge in [0.15, 0.2) is 0 Å². The molecule has 1 aliphatic carbocycles. The van der Waals surface area contributed by atoms with Crippen molar-refractivity contribution in [3.63, 3.8) is 0 Å². The number of allylic oxidation sites excluding steroid dienone is 8. The van der Waals surface area contributed by atoms with Crippen molar-refractivity contribution in [1.82, 2.24) is 4.57 Å². The maximum atomic E-state index is 4.03. The molecular weight excluding hydrogens is 833 g/mol. The van der Waals surface area contributed by atoms with Gasteiger partial charge in [-0.2, -0.15) is 0 Å². The quantitative estimate of drug-likeness (QED) is 0.0780. The van der Waals surface area contributed by atoms with E-state index in [1.807, 2.05) is 12.2 Å². The number of hydrogen-bond acceptors (Lipinski definition) is 1. The van der Waals surface area contributed by atoms with Crippen LogP contribution in [0.3, 0.4) is 0 Å². The number of benzene rings is 8. The van der Waals surface area contributed by atoms with E-state index in [-0.39, 0.29) is 0 Å². The van der Waals surface area contributed by atoms with Gasteiger partial charge >= 0.3 is 0 Å². The molecule has 0 spiro atoms. The average Bonchev–Trinajstić information content (AvgIpc) is 3.61. The van der Waals surface area contributed by atoms with Crippen LogP contribution in [-0.2, 0) is 19.3 Å². The summed E-state index contributed by atoms with van der Waals surface area (Å²) in [5.41, 5.74) is 23.2. The molecule has 0 atom stereocenters. The highest BCUT2D eigenvalue weighted by Crippen LogP contribution is 2.45. The fraction of sp³-hybridized carbons (Fsp3) is 0.104. The van der Waals surface area contributed by atoms with E-state index >= 15 is 0 Å². The fourth-order valence-electron chi connectivity index (χ4n) is 10.2. The molecule has 0 fully saturated rings. The van der Waals surface area contributed by atoms with Gasteiger partial charge in [0, 0.05) is 33.4 Å². The highest BCUT2D eigenvalue weighted by molar-refractivity contribution is 6.16. The van der Waals surface area contributed by atoms with Crippen LogP contribution in [0.4, 0.5) is 11.4 Å². The second kappa shape index (κ2) is 20.0. The lowest BCUT2D eigenvalue weighted by atomic mass is 9.95. The molecule has 0 radical (unpaired) electrons. The van der Waals surface area contributed by atoms with E-state index in [1.165, 1.54) is 99.8 Å². The van der Waals surface area contributed by atoms with E-state index in [1.54, 1.807) is 0 Å². The van der Waals surface area contributed by atoms with Crippen molar-refractivity contribution in [2.45, 2.75) is 46.5 Å². The molecule has 0 saturated heterocycles. The first-order valence-corrected chi connectivity index (χ1v) is 24.2. The third-order valence-corrected chi connectivity index (χ3v) is 13.7. The lowest BCUT2D eigenvalue weighted by Crippen LogP contribution is -2.16. The lowest BCUT2D eigenvalue weighted by molar-refractivity contribution is 0.990. The minimum absolute atomic E-state index is 0.826. The van der Waals surface area contributed by atoms with Crippen LogP contribution in [0.2, 0.25) is 0 Å². The molecule has 1 aliphatic rings. The van der Waals surface area contributed by atoms with Gasteiger partial charge in [-0.05, 0) is 162 Å². The molecule has 69 heavy (non-hydrogen) atoms. The second-order valence-corrected chi connectivity index (χ2v) is 18.2. The number of aryl methyl sites for hydroxylation is 2. The van der Waals surface area contributed by atoms with Crippen molar-refractivity contribution in [3.05, 3.63) is 276 Å². The summed E-state index contributed by atoms with van der Waals surface area (Å²) in [6, 6.07) is 67.1. The number of para-hydroxylation sites is 1. The lowest BCUT2D eigenvalue weighted by Gasteiger charge is -2.29. The summed E-state index contributed by atoms with van der Waals surface area (Å²) >= 11 is 0. The molecule has 0 unspecified atom stereocenters. The Labute approximate surface area is 408 Å². The van der Waals surface area contributed by atoms with Crippen LogP contribution in [0.25, 0.3) is 67.1 Å². The maximum Gasteiger partial charge on any atom is 0.0547 e. The molecule has 1 aromatic heterocycles. The highest BCUT2D eigenvalue weighted by atomic mass is 15.1. The van der Waals surface area contributed by atoms with Crippen LogP contribution in [0.15, 0.2) is 237 Å². The second-order valence-electron chi connectivity index (χ2n) is 18.2. The first-order valence-electron chi connectivity index (χ1n) is 24.2. The zero-order chi connectivity index (χ0) is 47.3. The topological polar surface area (TPSA) is 8.17 Å². The Kier molecular flexibility index (Phi) is 12.9. The first kappa shape index (κ1) is 44.6.